The number of amides is 5. The standard InChI is InChI=1S/C38H66N8O11/c1-27(2)38(26-47,46-28(3)4)25-44-33(7-6-12-43-37(40)52)36(51)45-31-9-8-30(24-57-29(5)48)32(23-31)35(50)42-14-13-41-34(49)10-15-53-17-19-55-21-22-56-20-18-54-16-11-39/h8-9,23,26-28,33,44,46H,6-7,10-22,24-25,39H2,1-5H3,(H,41,49)(H,42,50)(H,45,51)(H3,40,43,52)/t33-,38?/m0/s1. The number of hydrogen-bond donors (Lipinski definition) is 8. The molecule has 0 saturated heterocycles. The molecule has 0 fully saturated rings. The third kappa shape index (κ3) is 22.9. The van der Waals surface area contributed by atoms with Crippen molar-refractivity contribution in [2.45, 2.75) is 78.1 Å². The highest BCUT2D eigenvalue weighted by Crippen LogP contribution is 2.19. The van der Waals surface area contributed by atoms with E-state index in [1.807, 2.05) is 27.7 Å². The maximum Gasteiger partial charge on any atom is 0.312 e. The summed E-state index contributed by atoms with van der Waals surface area (Å²) in [5.41, 5.74) is 10.4. The fraction of sp³-hybridized carbons (Fsp3) is 0.684. The van der Waals surface area contributed by atoms with E-state index in [1.54, 1.807) is 12.1 Å². The van der Waals surface area contributed by atoms with Crippen LogP contribution in [0.3, 0.4) is 0 Å². The minimum Gasteiger partial charge on any atom is -0.461 e. The molecule has 1 rings (SSSR count). The van der Waals surface area contributed by atoms with Crippen molar-refractivity contribution in [2.75, 3.05) is 90.9 Å². The molecule has 0 aliphatic heterocycles. The normalized spacial score (nSPS) is 12.8. The lowest BCUT2D eigenvalue weighted by Crippen LogP contribution is -2.61. The Morgan fingerprint density at radius 3 is 2.00 bits per heavy atom. The molecule has 0 aromatic heterocycles. The summed E-state index contributed by atoms with van der Waals surface area (Å²) in [4.78, 5) is 74.4. The summed E-state index contributed by atoms with van der Waals surface area (Å²) in [7, 11) is 0. The van der Waals surface area contributed by atoms with E-state index < -0.39 is 35.4 Å². The van der Waals surface area contributed by atoms with Crippen molar-refractivity contribution in [3.8, 4) is 0 Å². The molecule has 0 aliphatic carbocycles. The molecule has 324 valence electrons. The van der Waals surface area contributed by atoms with Gasteiger partial charge in [-0.3, -0.25) is 19.2 Å². The second-order valence-electron chi connectivity index (χ2n) is 13.7. The Bertz CT molecular complexity index is 1370. The van der Waals surface area contributed by atoms with Crippen molar-refractivity contribution in [3.05, 3.63) is 29.3 Å². The zero-order valence-corrected chi connectivity index (χ0v) is 34.2. The molecule has 1 unspecified atom stereocenters. The molecule has 1 aromatic carbocycles. The lowest BCUT2D eigenvalue weighted by atomic mass is 9.86. The summed E-state index contributed by atoms with van der Waals surface area (Å²) in [6.45, 7) is 13.0. The monoisotopic (exact) mass is 810 g/mol. The van der Waals surface area contributed by atoms with E-state index in [2.05, 4.69) is 31.9 Å². The first-order chi connectivity index (χ1) is 27.2. The van der Waals surface area contributed by atoms with E-state index >= 15 is 0 Å². The zero-order valence-electron chi connectivity index (χ0n) is 34.2. The van der Waals surface area contributed by atoms with E-state index in [9.17, 15) is 28.8 Å². The number of esters is 1. The number of benzene rings is 1. The minimum absolute atomic E-state index is 0.00987. The van der Waals surface area contributed by atoms with Crippen LogP contribution in [0.5, 0.6) is 0 Å². The third-order valence-electron chi connectivity index (χ3n) is 8.36. The highest BCUT2D eigenvalue weighted by atomic mass is 16.6. The molecule has 0 heterocycles. The van der Waals surface area contributed by atoms with Gasteiger partial charge in [0.05, 0.1) is 64.4 Å². The molecule has 19 heteroatoms. The average Bonchev–Trinajstić information content (AvgIpc) is 3.16. The van der Waals surface area contributed by atoms with Crippen molar-refractivity contribution < 1.29 is 52.5 Å². The van der Waals surface area contributed by atoms with E-state index in [-0.39, 0.29) is 75.7 Å². The molecule has 0 radical (unpaired) electrons. The minimum atomic E-state index is -0.956. The van der Waals surface area contributed by atoms with Crippen LogP contribution in [0.4, 0.5) is 10.5 Å². The van der Waals surface area contributed by atoms with Crippen LogP contribution in [-0.4, -0.2) is 139 Å². The lowest BCUT2D eigenvalue weighted by molar-refractivity contribution is -0.142. The maximum atomic E-state index is 13.7. The molecule has 10 N–H and O–H groups in total. The Morgan fingerprint density at radius 1 is 0.825 bits per heavy atom. The van der Waals surface area contributed by atoms with Gasteiger partial charge < -0.3 is 71.8 Å². The summed E-state index contributed by atoms with van der Waals surface area (Å²) in [6, 6.07) is 3.12. The highest BCUT2D eigenvalue weighted by molar-refractivity contribution is 5.99. The SMILES string of the molecule is CC(=O)OCc1ccc(NC(=O)[C@H](CCCNC(N)=O)NCC(C=O)(NC(C)C)C(C)C)cc1C(=O)NCCNC(=O)CCOCCOCCOCCOCCN. The van der Waals surface area contributed by atoms with E-state index in [1.165, 1.54) is 13.0 Å². The van der Waals surface area contributed by atoms with Crippen LogP contribution in [-0.2, 0) is 49.5 Å². The van der Waals surface area contributed by atoms with Crippen LogP contribution in [0, 0.1) is 5.92 Å². The average molecular weight is 811 g/mol. The number of hydrogen-bond acceptors (Lipinski definition) is 14. The fourth-order valence-corrected chi connectivity index (χ4v) is 5.28. The van der Waals surface area contributed by atoms with Gasteiger partial charge >= 0.3 is 12.0 Å². The summed E-state index contributed by atoms with van der Waals surface area (Å²) >= 11 is 0. The number of anilines is 1. The first-order valence-corrected chi connectivity index (χ1v) is 19.4. The molecule has 0 bridgehead atoms. The molecule has 0 aliphatic rings. The molecule has 0 saturated carbocycles. The number of primary amides is 1. The Hall–Kier alpha value is -4.24. The Labute approximate surface area is 336 Å². The number of nitrogens with one attached hydrogen (secondary N) is 6. The maximum absolute atomic E-state index is 13.7. The van der Waals surface area contributed by atoms with Gasteiger partial charge in [0, 0.05) is 68.9 Å². The van der Waals surface area contributed by atoms with Gasteiger partial charge in [-0.05, 0) is 44.7 Å². The van der Waals surface area contributed by atoms with Gasteiger partial charge in [-0.2, -0.15) is 0 Å². The van der Waals surface area contributed by atoms with Gasteiger partial charge in [0.15, 0.2) is 0 Å². The summed E-state index contributed by atoms with van der Waals surface area (Å²) in [6.07, 6.45) is 1.66. The molecule has 1 aromatic rings. The predicted molar refractivity (Wildman–Crippen MR) is 213 cm³/mol. The quantitative estimate of drug-likeness (QED) is 0.0263. The number of nitrogens with two attached hydrogens (primary N) is 2. The Kier molecular flexibility index (Phi) is 26.7. The summed E-state index contributed by atoms with van der Waals surface area (Å²) in [5.74, 6) is -1.86. The molecular formula is C38H66N8O11. The van der Waals surface area contributed by atoms with Gasteiger partial charge in [0.25, 0.3) is 5.91 Å². The second-order valence-corrected chi connectivity index (χ2v) is 13.7. The van der Waals surface area contributed by atoms with Crippen LogP contribution < -0.4 is 43.4 Å². The van der Waals surface area contributed by atoms with Crippen molar-refractivity contribution >= 4 is 41.7 Å². The summed E-state index contributed by atoms with van der Waals surface area (Å²) in [5, 5.41) is 17.3. The smallest absolute Gasteiger partial charge is 0.312 e. The van der Waals surface area contributed by atoms with Gasteiger partial charge in [0.2, 0.25) is 11.8 Å². The Morgan fingerprint density at radius 2 is 1.44 bits per heavy atom. The van der Waals surface area contributed by atoms with Gasteiger partial charge in [-0.1, -0.05) is 19.9 Å². The number of ether oxygens (including phenoxy) is 5. The largest absolute Gasteiger partial charge is 0.461 e. The number of aldehydes is 1. The molecule has 2 atom stereocenters. The van der Waals surface area contributed by atoms with Crippen LogP contribution in [0.25, 0.3) is 0 Å². The number of carbonyl (C=O) groups excluding carboxylic acids is 6. The van der Waals surface area contributed by atoms with Gasteiger partial charge in [-0.15, -0.1) is 0 Å². The van der Waals surface area contributed by atoms with E-state index in [0.29, 0.717) is 70.5 Å². The van der Waals surface area contributed by atoms with Crippen LogP contribution in [0.15, 0.2) is 18.2 Å². The first kappa shape index (κ1) is 50.8. The Balaban J connectivity index is 2.78. The third-order valence-corrected chi connectivity index (χ3v) is 8.36. The van der Waals surface area contributed by atoms with Crippen molar-refractivity contribution in [3.63, 3.8) is 0 Å². The molecule has 57 heavy (non-hydrogen) atoms. The molecular weight excluding hydrogens is 744 g/mol. The number of urea groups is 1. The van der Waals surface area contributed by atoms with Crippen LogP contribution >= 0.6 is 0 Å². The van der Waals surface area contributed by atoms with Crippen LogP contribution in [0.2, 0.25) is 0 Å². The van der Waals surface area contributed by atoms with Crippen molar-refractivity contribution in [1.29, 1.82) is 0 Å². The van der Waals surface area contributed by atoms with E-state index in [0.717, 1.165) is 6.29 Å². The predicted octanol–water partition coefficient (Wildman–Crippen LogP) is -0.0522. The molecule has 19 nitrogen and oxygen atoms in total. The molecule has 0 spiro atoms. The van der Waals surface area contributed by atoms with Gasteiger partial charge in [-0.25, -0.2) is 4.79 Å². The topological polar surface area (TPSA) is 273 Å². The highest BCUT2D eigenvalue weighted by Gasteiger charge is 2.35. The van der Waals surface area contributed by atoms with Crippen LogP contribution in [0.1, 0.15) is 69.8 Å². The number of carbonyl (C=O) groups is 6. The number of rotatable bonds is 33. The zero-order chi connectivity index (χ0) is 42.5. The first-order valence-electron chi connectivity index (χ1n) is 19.4. The lowest BCUT2D eigenvalue weighted by Gasteiger charge is -2.36. The summed E-state index contributed by atoms with van der Waals surface area (Å²) < 4.78 is 26.6. The van der Waals surface area contributed by atoms with Crippen molar-refractivity contribution in [1.82, 2.24) is 26.6 Å². The second kappa shape index (κ2) is 29.9. The van der Waals surface area contributed by atoms with Gasteiger partial charge in [0.1, 0.15) is 12.9 Å². The molecule has 5 amide bonds. The van der Waals surface area contributed by atoms with Crippen molar-refractivity contribution in [2.24, 2.45) is 17.4 Å². The fourth-order valence-electron chi connectivity index (χ4n) is 5.28. The van der Waals surface area contributed by atoms with E-state index in [4.69, 9.17) is 35.2 Å².